The second-order valence-corrected chi connectivity index (χ2v) is 13.2. The summed E-state index contributed by atoms with van der Waals surface area (Å²) in [6.45, 7) is 5.68. The van der Waals surface area contributed by atoms with Crippen molar-refractivity contribution in [3.63, 3.8) is 0 Å². The maximum atomic E-state index is 13.9. The van der Waals surface area contributed by atoms with Crippen molar-refractivity contribution < 1.29 is 41.0 Å². The van der Waals surface area contributed by atoms with Crippen LogP contribution in [0.1, 0.15) is 54.3 Å². The first-order valence-corrected chi connectivity index (χ1v) is 15.6. The van der Waals surface area contributed by atoms with E-state index < -0.39 is 39.3 Å². The highest BCUT2D eigenvalue weighted by Crippen LogP contribution is 2.42. The highest BCUT2D eigenvalue weighted by Gasteiger charge is 2.41. The Hall–Kier alpha value is -4.08. The van der Waals surface area contributed by atoms with E-state index in [4.69, 9.17) is 9.47 Å². The average molecular weight is 648 g/mol. The summed E-state index contributed by atoms with van der Waals surface area (Å²) >= 11 is 0. The van der Waals surface area contributed by atoms with E-state index in [0.717, 1.165) is 9.96 Å². The Balaban J connectivity index is 1.58. The number of ether oxygens (including phenoxy) is 2. The summed E-state index contributed by atoms with van der Waals surface area (Å²) in [6, 6.07) is 11.0. The Morgan fingerprint density at radius 2 is 1.82 bits per heavy atom. The number of carboxylic acid groups (broad SMARTS) is 1. The molecule has 3 aromatic heterocycles. The molecule has 4 aromatic rings. The Bertz CT molecular complexity index is 1830. The standard InChI is InChI=1S/C30H32F3N5O6S/c1-19-7-8-20(25(29(2,3)28(39)40)21-9-12-38-24(17-21)35-36-27(38)30(31,32)33)16-22(19)18-37-11-5-13-43-14-15-44-26-23(45(37,41)42)6-4-10-34-26/h4,6-10,12,16-17,25H,5,11,13-15,18H2,1-3H3,(H,39,40)/t25-/m1/s1. The van der Waals surface area contributed by atoms with Gasteiger partial charge < -0.3 is 14.6 Å². The highest BCUT2D eigenvalue weighted by atomic mass is 32.2. The van der Waals surface area contributed by atoms with Crippen molar-refractivity contribution in [2.24, 2.45) is 5.41 Å². The number of rotatable bonds is 6. The zero-order valence-electron chi connectivity index (χ0n) is 24.8. The van der Waals surface area contributed by atoms with Gasteiger partial charge in [-0.1, -0.05) is 18.2 Å². The van der Waals surface area contributed by atoms with E-state index in [0.29, 0.717) is 29.7 Å². The molecule has 1 aliphatic rings. The van der Waals surface area contributed by atoms with Gasteiger partial charge in [0.05, 0.1) is 12.0 Å². The second-order valence-electron chi connectivity index (χ2n) is 11.3. The third-order valence-corrected chi connectivity index (χ3v) is 9.72. The van der Waals surface area contributed by atoms with Crippen LogP contribution < -0.4 is 4.74 Å². The lowest BCUT2D eigenvalue weighted by molar-refractivity contribution is -0.147. The van der Waals surface area contributed by atoms with Crippen molar-refractivity contribution in [1.82, 2.24) is 23.9 Å². The SMILES string of the molecule is Cc1ccc([C@H](c2ccn3c(C(F)(F)F)nnc3c2)C(C)(C)C(=O)O)cc1CN1CCCOCCOc2ncccc2S1(=O)=O. The maximum Gasteiger partial charge on any atom is 0.452 e. The smallest absolute Gasteiger partial charge is 0.452 e. The molecule has 1 atom stereocenters. The van der Waals surface area contributed by atoms with Gasteiger partial charge in [-0.3, -0.25) is 9.20 Å². The number of alkyl halides is 3. The van der Waals surface area contributed by atoms with Crippen LogP contribution in [0.4, 0.5) is 13.2 Å². The molecule has 4 heterocycles. The molecule has 0 bridgehead atoms. The number of aliphatic carboxylic acids is 1. The fraction of sp³-hybridized carbons (Fsp3) is 0.400. The van der Waals surface area contributed by atoms with Gasteiger partial charge in [0, 0.05) is 38.0 Å². The largest absolute Gasteiger partial charge is 0.481 e. The Morgan fingerprint density at radius 1 is 1.07 bits per heavy atom. The molecule has 240 valence electrons. The first kappa shape index (κ1) is 32.3. The monoisotopic (exact) mass is 647 g/mol. The summed E-state index contributed by atoms with van der Waals surface area (Å²) < 4.78 is 81.5. The number of nitrogens with zero attached hydrogens (tertiary/aromatic N) is 5. The zero-order valence-corrected chi connectivity index (χ0v) is 25.6. The third kappa shape index (κ3) is 6.51. The van der Waals surface area contributed by atoms with E-state index >= 15 is 0 Å². The normalized spacial score (nSPS) is 17.2. The van der Waals surface area contributed by atoms with Crippen LogP contribution in [-0.2, 0) is 32.3 Å². The number of carbonyl (C=O) groups is 1. The summed E-state index contributed by atoms with van der Waals surface area (Å²) in [5, 5.41) is 17.2. The lowest BCUT2D eigenvalue weighted by Gasteiger charge is -2.32. The molecule has 0 saturated carbocycles. The van der Waals surface area contributed by atoms with Crippen LogP contribution >= 0.6 is 0 Å². The number of carboxylic acids is 1. The molecule has 0 spiro atoms. The number of hydrogen-bond donors (Lipinski definition) is 1. The van der Waals surface area contributed by atoms with Crippen LogP contribution in [0.2, 0.25) is 0 Å². The van der Waals surface area contributed by atoms with Crippen LogP contribution in [-0.4, -0.2) is 69.7 Å². The van der Waals surface area contributed by atoms with Gasteiger partial charge in [0.1, 0.15) is 11.5 Å². The summed E-state index contributed by atoms with van der Waals surface area (Å²) in [6.07, 6.45) is -1.70. The minimum atomic E-state index is -4.73. The minimum Gasteiger partial charge on any atom is -0.481 e. The van der Waals surface area contributed by atoms with Gasteiger partial charge >= 0.3 is 12.1 Å². The Morgan fingerprint density at radius 3 is 2.56 bits per heavy atom. The molecule has 0 fully saturated rings. The van der Waals surface area contributed by atoms with E-state index in [2.05, 4.69) is 15.2 Å². The molecule has 15 heteroatoms. The van der Waals surface area contributed by atoms with Crippen molar-refractivity contribution >= 4 is 21.6 Å². The van der Waals surface area contributed by atoms with Gasteiger partial charge in [0.2, 0.25) is 21.7 Å². The number of sulfonamides is 1. The molecule has 45 heavy (non-hydrogen) atoms. The molecule has 0 unspecified atom stereocenters. The van der Waals surface area contributed by atoms with Gasteiger partial charge in [-0.25, -0.2) is 13.4 Å². The number of benzene rings is 1. The zero-order chi connectivity index (χ0) is 32.6. The molecule has 1 aliphatic heterocycles. The van der Waals surface area contributed by atoms with E-state index in [-0.39, 0.29) is 42.7 Å². The molecule has 1 N–H and O–H groups in total. The minimum absolute atomic E-state index is 0.0284. The van der Waals surface area contributed by atoms with Crippen LogP contribution in [0.5, 0.6) is 5.88 Å². The average Bonchev–Trinajstić information content (AvgIpc) is 3.41. The fourth-order valence-electron chi connectivity index (χ4n) is 5.41. The van der Waals surface area contributed by atoms with E-state index in [1.807, 2.05) is 6.92 Å². The van der Waals surface area contributed by atoms with Crippen LogP contribution in [0.3, 0.4) is 0 Å². The van der Waals surface area contributed by atoms with Gasteiger partial charge in [-0.2, -0.15) is 17.5 Å². The molecule has 1 aromatic carbocycles. The summed E-state index contributed by atoms with van der Waals surface area (Å²) in [7, 11) is -4.09. The second kappa shape index (κ2) is 12.4. The molecule has 5 rings (SSSR count). The molecule has 0 amide bonds. The predicted octanol–water partition coefficient (Wildman–Crippen LogP) is 4.68. The van der Waals surface area contributed by atoms with Crippen LogP contribution in [0.25, 0.3) is 5.65 Å². The molecular weight excluding hydrogens is 615 g/mol. The number of aryl methyl sites for hydroxylation is 1. The summed E-state index contributed by atoms with van der Waals surface area (Å²) in [4.78, 5) is 16.6. The van der Waals surface area contributed by atoms with Crippen molar-refractivity contribution in [2.45, 2.75) is 50.7 Å². The Labute approximate surface area is 257 Å². The first-order chi connectivity index (χ1) is 21.2. The highest BCUT2D eigenvalue weighted by molar-refractivity contribution is 7.89. The number of fused-ring (bicyclic) bond motifs is 2. The van der Waals surface area contributed by atoms with Gasteiger partial charge in [-0.05, 0) is 73.7 Å². The number of aromatic nitrogens is 4. The van der Waals surface area contributed by atoms with Crippen LogP contribution in [0.15, 0.2) is 59.8 Å². The maximum absolute atomic E-state index is 13.9. The fourth-order valence-corrected chi connectivity index (χ4v) is 6.95. The lowest BCUT2D eigenvalue weighted by atomic mass is 9.71. The predicted molar refractivity (Wildman–Crippen MR) is 155 cm³/mol. The van der Waals surface area contributed by atoms with Crippen molar-refractivity contribution in [1.29, 1.82) is 0 Å². The number of hydrogen-bond acceptors (Lipinski definition) is 8. The van der Waals surface area contributed by atoms with Crippen molar-refractivity contribution in [3.8, 4) is 5.88 Å². The van der Waals surface area contributed by atoms with Gasteiger partial charge in [0.25, 0.3) is 0 Å². The molecule has 0 aliphatic carbocycles. The molecule has 11 nitrogen and oxygen atoms in total. The lowest BCUT2D eigenvalue weighted by Crippen LogP contribution is -2.33. The van der Waals surface area contributed by atoms with Crippen LogP contribution in [0, 0.1) is 12.3 Å². The topological polar surface area (TPSA) is 136 Å². The quantitative estimate of drug-likeness (QED) is 0.316. The number of halogens is 3. The van der Waals surface area contributed by atoms with Crippen molar-refractivity contribution in [2.75, 3.05) is 26.4 Å². The van der Waals surface area contributed by atoms with Gasteiger partial charge in [-0.15, -0.1) is 10.2 Å². The van der Waals surface area contributed by atoms with E-state index in [1.54, 1.807) is 18.2 Å². The van der Waals surface area contributed by atoms with E-state index in [1.165, 1.54) is 54.8 Å². The summed E-state index contributed by atoms with van der Waals surface area (Å²) in [5.41, 5.74) is 0.793. The first-order valence-electron chi connectivity index (χ1n) is 14.1. The molecule has 0 saturated heterocycles. The third-order valence-electron chi connectivity index (χ3n) is 7.86. The summed E-state index contributed by atoms with van der Waals surface area (Å²) in [5.74, 6) is -3.21. The van der Waals surface area contributed by atoms with E-state index in [9.17, 15) is 31.5 Å². The molecule has 0 radical (unpaired) electrons. The molecular formula is C30H32F3N5O6S. The Kier molecular flexibility index (Phi) is 8.88. The number of pyridine rings is 2. The van der Waals surface area contributed by atoms with Crippen molar-refractivity contribution in [3.05, 3.63) is 82.9 Å². The van der Waals surface area contributed by atoms with Gasteiger partial charge in [0.15, 0.2) is 5.65 Å².